The van der Waals surface area contributed by atoms with Crippen molar-refractivity contribution in [1.82, 2.24) is 5.32 Å². The average Bonchev–Trinajstić information content (AvgIpc) is 2.71. The Morgan fingerprint density at radius 3 is 2.73 bits per heavy atom. The summed E-state index contributed by atoms with van der Waals surface area (Å²) in [6.45, 7) is 3.00. The normalized spacial score (nSPS) is 25.1. The quantitative estimate of drug-likeness (QED) is 0.791. The average molecular weight is 205 g/mol. The topological polar surface area (TPSA) is 32.3 Å². The number of aliphatic hydroxyl groups is 1. The summed E-state index contributed by atoms with van der Waals surface area (Å²) in [5.41, 5.74) is 0.308. The van der Waals surface area contributed by atoms with Crippen LogP contribution in [0.3, 0.4) is 0 Å². The molecule has 15 heavy (non-hydrogen) atoms. The monoisotopic (exact) mass is 205 g/mol. The van der Waals surface area contributed by atoms with Crippen LogP contribution in [0.25, 0.3) is 0 Å². The Bertz CT molecular complexity index is 302. The third-order valence-electron chi connectivity index (χ3n) is 3.20. The summed E-state index contributed by atoms with van der Waals surface area (Å²) in [4.78, 5) is 0. The molecule has 0 radical (unpaired) electrons. The Labute approximate surface area is 91.3 Å². The Morgan fingerprint density at radius 2 is 2.13 bits per heavy atom. The van der Waals surface area contributed by atoms with Gasteiger partial charge in [-0.1, -0.05) is 30.3 Å². The third kappa shape index (κ3) is 2.58. The number of hydrogen-bond donors (Lipinski definition) is 2. The molecule has 0 spiro atoms. The van der Waals surface area contributed by atoms with Gasteiger partial charge in [-0.3, -0.25) is 0 Å². The van der Waals surface area contributed by atoms with Crippen molar-refractivity contribution in [3.05, 3.63) is 35.9 Å². The van der Waals surface area contributed by atoms with E-state index in [1.807, 2.05) is 37.3 Å². The zero-order valence-corrected chi connectivity index (χ0v) is 9.24. The molecule has 0 aromatic heterocycles. The van der Waals surface area contributed by atoms with Gasteiger partial charge in [0.15, 0.2) is 0 Å². The number of nitrogens with one attached hydrogen (secondary N) is 1. The van der Waals surface area contributed by atoms with Crippen molar-refractivity contribution in [3.63, 3.8) is 0 Å². The van der Waals surface area contributed by atoms with Gasteiger partial charge < -0.3 is 10.4 Å². The van der Waals surface area contributed by atoms with Gasteiger partial charge in [0.25, 0.3) is 0 Å². The fraction of sp³-hybridized carbons (Fsp3) is 0.538. The summed E-state index contributed by atoms with van der Waals surface area (Å²) in [5.74, 6) is 0. The van der Waals surface area contributed by atoms with E-state index in [4.69, 9.17) is 0 Å². The lowest BCUT2D eigenvalue weighted by molar-refractivity contribution is 0.0385. The second kappa shape index (κ2) is 4.33. The van der Waals surface area contributed by atoms with E-state index in [-0.39, 0.29) is 0 Å². The van der Waals surface area contributed by atoms with Gasteiger partial charge in [0.2, 0.25) is 0 Å². The molecule has 2 heteroatoms. The van der Waals surface area contributed by atoms with Gasteiger partial charge in [0, 0.05) is 6.04 Å². The Morgan fingerprint density at radius 1 is 1.40 bits per heavy atom. The van der Waals surface area contributed by atoms with Crippen molar-refractivity contribution in [2.24, 2.45) is 0 Å². The summed E-state index contributed by atoms with van der Waals surface area (Å²) in [6, 6.07) is 10.4. The minimum Gasteiger partial charge on any atom is -0.385 e. The molecule has 1 aromatic carbocycles. The van der Waals surface area contributed by atoms with Crippen LogP contribution in [0.15, 0.2) is 30.3 Å². The highest BCUT2D eigenvalue weighted by Gasteiger charge is 2.28. The molecule has 0 aliphatic carbocycles. The van der Waals surface area contributed by atoms with Crippen LogP contribution in [-0.4, -0.2) is 17.7 Å². The highest BCUT2D eigenvalue weighted by Crippen LogP contribution is 2.27. The first-order valence-corrected chi connectivity index (χ1v) is 5.70. The van der Waals surface area contributed by atoms with Crippen LogP contribution in [0.1, 0.15) is 31.7 Å². The van der Waals surface area contributed by atoms with Crippen molar-refractivity contribution < 1.29 is 5.11 Å². The molecular weight excluding hydrogens is 186 g/mol. The number of rotatable bonds is 3. The number of hydrogen-bond acceptors (Lipinski definition) is 2. The second-order valence-electron chi connectivity index (χ2n) is 4.64. The van der Waals surface area contributed by atoms with Crippen molar-refractivity contribution in [3.8, 4) is 0 Å². The molecule has 1 aliphatic heterocycles. The van der Waals surface area contributed by atoms with E-state index in [0.717, 1.165) is 18.5 Å². The molecule has 82 valence electrons. The summed E-state index contributed by atoms with van der Waals surface area (Å²) in [5, 5.41) is 13.8. The maximum atomic E-state index is 10.4. The molecule has 1 heterocycles. The standard InChI is InChI=1S/C13H19NO/c1-13(15,10-12-8-5-9-14-12)11-6-3-2-4-7-11/h2-4,6-7,12,14-15H,5,8-10H2,1H3/t12-,13?/m0/s1. The Hall–Kier alpha value is -0.860. The molecule has 1 aromatic rings. The van der Waals surface area contributed by atoms with Crippen LogP contribution in [0.5, 0.6) is 0 Å². The SMILES string of the molecule is CC(O)(C[C@@H]1CCCN1)c1ccccc1. The van der Waals surface area contributed by atoms with Crippen LogP contribution in [0.4, 0.5) is 0 Å². The Kier molecular flexibility index (Phi) is 3.08. The number of benzene rings is 1. The van der Waals surface area contributed by atoms with E-state index < -0.39 is 5.60 Å². The predicted molar refractivity (Wildman–Crippen MR) is 61.7 cm³/mol. The summed E-state index contributed by atoms with van der Waals surface area (Å²) < 4.78 is 0. The van der Waals surface area contributed by atoms with Crippen LogP contribution in [0, 0.1) is 0 Å². The van der Waals surface area contributed by atoms with E-state index >= 15 is 0 Å². The van der Waals surface area contributed by atoms with Crippen LogP contribution < -0.4 is 5.32 Å². The zero-order chi connectivity index (χ0) is 10.7. The van der Waals surface area contributed by atoms with E-state index in [9.17, 15) is 5.11 Å². The fourth-order valence-corrected chi connectivity index (χ4v) is 2.33. The molecule has 2 atom stereocenters. The summed E-state index contributed by atoms with van der Waals surface area (Å²) in [7, 11) is 0. The van der Waals surface area contributed by atoms with Gasteiger partial charge in [-0.15, -0.1) is 0 Å². The predicted octanol–water partition coefficient (Wildman–Crippen LogP) is 2.04. The summed E-state index contributed by atoms with van der Waals surface area (Å²) in [6.07, 6.45) is 3.22. The highest BCUT2D eigenvalue weighted by atomic mass is 16.3. The zero-order valence-electron chi connectivity index (χ0n) is 9.24. The van der Waals surface area contributed by atoms with Gasteiger partial charge >= 0.3 is 0 Å². The third-order valence-corrected chi connectivity index (χ3v) is 3.20. The van der Waals surface area contributed by atoms with Crippen LogP contribution >= 0.6 is 0 Å². The molecule has 0 saturated carbocycles. The Balaban J connectivity index is 2.05. The molecular formula is C13H19NO. The molecule has 2 rings (SSSR count). The van der Waals surface area contributed by atoms with E-state index in [0.29, 0.717) is 6.04 Å². The fourth-order valence-electron chi connectivity index (χ4n) is 2.33. The molecule has 2 N–H and O–H groups in total. The first-order chi connectivity index (χ1) is 7.18. The smallest absolute Gasteiger partial charge is 0.0883 e. The van der Waals surface area contributed by atoms with Crippen molar-refractivity contribution in [2.75, 3.05) is 6.54 Å². The second-order valence-corrected chi connectivity index (χ2v) is 4.64. The first kappa shape index (κ1) is 10.7. The van der Waals surface area contributed by atoms with Gasteiger partial charge in [-0.2, -0.15) is 0 Å². The maximum absolute atomic E-state index is 10.4. The van der Waals surface area contributed by atoms with Crippen molar-refractivity contribution in [1.29, 1.82) is 0 Å². The molecule has 1 saturated heterocycles. The van der Waals surface area contributed by atoms with E-state index in [2.05, 4.69) is 5.32 Å². The van der Waals surface area contributed by atoms with Crippen molar-refractivity contribution in [2.45, 2.75) is 37.8 Å². The first-order valence-electron chi connectivity index (χ1n) is 5.70. The minimum atomic E-state index is -0.705. The largest absolute Gasteiger partial charge is 0.385 e. The molecule has 1 unspecified atom stereocenters. The van der Waals surface area contributed by atoms with Crippen LogP contribution in [0.2, 0.25) is 0 Å². The maximum Gasteiger partial charge on any atom is 0.0883 e. The van der Waals surface area contributed by atoms with E-state index in [1.165, 1.54) is 12.8 Å². The molecule has 1 fully saturated rings. The minimum absolute atomic E-state index is 0.472. The van der Waals surface area contributed by atoms with Gasteiger partial charge in [-0.25, -0.2) is 0 Å². The van der Waals surface area contributed by atoms with Gasteiger partial charge in [0.1, 0.15) is 0 Å². The lowest BCUT2D eigenvalue weighted by Crippen LogP contribution is -2.32. The van der Waals surface area contributed by atoms with Gasteiger partial charge in [0.05, 0.1) is 5.60 Å². The molecule has 0 bridgehead atoms. The molecule has 0 amide bonds. The lowest BCUT2D eigenvalue weighted by Gasteiger charge is -2.27. The molecule has 1 aliphatic rings. The van der Waals surface area contributed by atoms with E-state index in [1.54, 1.807) is 0 Å². The van der Waals surface area contributed by atoms with Gasteiger partial charge in [-0.05, 0) is 38.3 Å². The van der Waals surface area contributed by atoms with Crippen LogP contribution in [-0.2, 0) is 5.60 Å². The van der Waals surface area contributed by atoms with Crippen molar-refractivity contribution >= 4 is 0 Å². The summed E-state index contributed by atoms with van der Waals surface area (Å²) >= 11 is 0. The molecule has 2 nitrogen and oxygen atoms in total. The highest BCUT2D eigenvalue weighted by molar-refractivity contribution is 5.21. The lowest BCUT2D eigenvalue weighted by atomic mass is 9.89.